The van der Waals surface area contributed by atoms with Crippen molar-refractivity contribution in [2.45, 2.75) is 31.8 Å². The first-order valence-corrected chi connectivity index (χ1v) is 5.45. The Bertz CT molecular complexity index is 354. The van der Waals surface area contributed by atoms with Gasteiger partial charge in [0.25, 0.3) is 0 Å². The van der Waals surface area contributed by atoms with E-state index in [2.05, 4.69) is 23.7 Å². The van der Waals surface area contributed by atoms with Crippen LogP contribution in [0.25, 0.3) is 0 Å². The zero-order chi connectivity index (χ0) is 12.3. The van der Waals surface area contributed by atoms with Gasteiger partial charge < -0.3 is 10.6 Å². The van der Waals surface area contributed by atoms with Crippen LogP contribution in [-0.2, 0) is 0 Å². The highest BCUT2D eigenvalue weighted by molar-refractivity contribution is 5.19. The summed E-state index contributed by atoms with van der Waals surface area (Å²) in [6, 6.07) is 1.20. The van der Waals surface area contributed by atoms with E-state index >= 15 is 0 Å². The summed E-state index contributed by atoms with van der Waals surface area (Å²) >= 11 is 0. The maximum Gasteiger partial charge on any atom is 0.141 e. The first-order chi connectivity index (χ1) is 7.41. The van der Waals surface area contributed by atoms with Gasteiger partial charge in [0, 0.05) is 17.8 Å². The Kier molecular flexibility index (Phi) is 3.99. The average molecular weight is 225 g/mol. The molecule has 1 aromatic rings. The van der Waals surface area contributed by atoms with Crippen molar-refractivity contribution in [1.82, 2.24) is 9.88 Å². The van der Waals surface area contributed by atoms with E-state index in [0.29, 0.717) is 0 Å². The third-order valence-corrected chi connectivity index (χ3v) is 3.49. The number of hydrogen-bond donors (Lipinski definition) is 1. The van der Waals surface area contributed by atoms with Crippen molar-refractivity contribution in [2.75, 3.05) is 14.1 Å². The van der Waals surface area contributed by atoms with Gasteiger partial charge in [0.1, 0.15) is 5.82 Å². The van der Waals surface area contributed by atoms with Gasteiger partial charge in [0.2, 0.25) is 0 Å². The molecule has 0 spiro atoms. The number of aromatic nitrogens is 1. The molecule has 0 aliphatic carbocycles. The molecule has 3 nitrogen and oxygen atoms in total. The minimum Gasteiger partial charge on any atom is -0.322 e. The SMILES string of the molecule is CCC(C)(C(N)c1cncc(F)c1)N(C)C. The maximum absolute atomic E-state index is 13.1. The summed E-state index contributed by atoms with van der Waals surface area (Å²) in [5, 5.41) is 0. The fourth-order valence-electron chi connectivity index (χ4n) is 1.77. The molecule has 1 heterocycles. The topological polar surface area (TPSA) is 42.1 Å². The zero-order valence-corrected chi connectivity index (χ0v) is 10.4. The lowest BCUT2D eigenvalue weighted by molar-refractivity contribution is 0.131. The molecule has 0 aliphatic heterocycles. The lowest BCUT2D eigenvalue weighted by atomic mass is 9.85. The van der Waals surface area contributed by atoms with Gasteiger partial charge in [0.05, 0.1) is 6.20 Å². The molecule has 2 N–H and O–H groups in total. The van der Waals surface area contributed by atoms with Crippen LogP contribution in [-0.4, -0.2) is 29.5 Å². The number of likely N-dealkylation sites (N-methyl/N-ethyl adjacent to an activating group) is 1. The Labute approximate surface area is 96.5 Å². The first-order valence-electron chi connectivity index (χ1n) is 5.45. The van der Waals surface area contributed by atoms with E-state index in [4.69, 9.17) is 5.73 Å². The Balaban J connectivity index is 3.04. The molecule has 2 atom stereocenters. The molecular formula is C12H20FN3. The predicted octanol–water partition coefficient (Wildman–Crippen LogP) is 1.95. The van der Waals surface area contributed by atoms with Crippen LogP contribution < -0.4 is 5.73 Å². The number of rotatable bonds is 4. The maximum atomic E-state index is 13.1. The number of pyridine rings is 1. The van der Waals surface area contributed by atoms with Crippen molar-refractivity contribution in [3.05, 3.63) is 29.8 Å². The highest BCUT2D eigenvalue weighted by Gasteiger charge is 2.33. The smallest absolute Gasteiger partial charge is 0.141 e. The van der Waals surface area contributed by atoms with Gasteiger partial charge >= 0.3 is 0 Å². The Morgan fingerprint density at radius 2 is 2.12 bits per heavy atom. The molecule has 16 heavy (non-hydrogen) atoms. The van der Waals surface area contributed by atoms with Crippen LogP contribution in [0.3, 0.4) is 0 Å². The third kappa shape index (κ3) is 2.39. The average Bonchev–Trinajstić information content (AvgIpc) is 2.26. The van der Waals surface area contributed by atoms with Gasteiger partial charge in [-0.1, -0.05) is 6.92 Å². The van der Waals surface area contributed by atoms with E-state index in [1.807, 2.05) is 14.1 Å². The van der Waals surface area contributed by atoms with Gasteiger partial charge in [-0.3, -0.25) is 4.98 Å². The predicted molar refractivity (Wildman–Crippen MR) is 63.5 cm³/mol. The molecular weight excluding hydrogens is 205 g/mol. The second-order valence-corrected chi connectivity index (χ2v) is 4.52. The summed E-state index contributed by atoms with van der Waals surface area (Å²) < 4.78 is 13.1. The molecule has 1 rings (SSSR count). The van der Waals surface area contributed by atoms with Gasteiger partial charge in [-0.2, -0.15) is 0 Å². The summed E-state index contributed by atoms with van der Waals surface area (Å²) in [5.74, 6) is -0.342. The van der Waals surface area contributed by atoms with Gasteiger partial charge in [-0.05, 0) is 39.1 Å². The van der Waals surface area contributed by atoms with E-state index in [-0.39, 0.29) is 17.4 Å². The van der Waals surface area contributed by atoms with E-state index < -0.39 is 0 Å². The largest absolute Gasteiger partial charge is 0.322 e. The van der Waals surface area contributed by atoms with E-state index in [1.165, 1.54) is 12.3 Å². The second-order valence-electron chi connectivity index (χ2n) is 4.52. The summed E-state index contributed by atoms with van der Waals surface area (Å²) in [5.41, 5.74) is 6.74. The third-order valence-electron chi connectivity index (χ3n) is 3.49. The standard InChI is InChI=1S/C12H20FN3/c1-5-12(2,16(3)4)11(14)9-6-10(13)8-15-7-9/h6-8,11H,5,14H2,1-4H3. The molecule has 1 aromatic heterocycles. The number of halogens is 1. The highest BCUT2D eigenvalue weighted by Crippen LogP contribution is 2.30. The lowest BCUT2D eigenvalue weighted by Gasteiger charge is -2.40. The molecule has 0 aliphatic rings. The molecule has 90 valence electrons. The van der Waals surface area contributed by atoms with Crippen molar-refractivity contribution < 1.29 is 4.39 Å². The minimum atomic E-state index is -0.342. The normalized spacial score (nSPS) is 17.2. The summed E-state index contributed by atoms with van der Waals surface area (Å²) in [4.78, 5) is 5.91. The quantitative estimate of drug-likeness (QED) is 0.851. The fraction of sp³-hybridized carbons (Fsp3) is 0.583. The molecule has 0 saturated heterocycles. The van der Waals surface area contributed by atoms with Crippen molar-refractivity contribution in [2.24, 2.45) is 5.73 Å². The van der Waals surface area contributed by atoms with Crippen molar-refractivity contribution >= 4 is 0 Å². The molecule has 0 amide bonds. The molecule has 0 bridgehead atoms. The Morgan fingerprint density at radius 3 is 2.56 bits per heavy atom. The number of nitrogens with two attached hydrogens (primary N) is 1. The molecule has 0 fully saturated rings. The van der Waals surface area contributed by atoms with E-state index in [9.17, 15) is 4.39 Å². The Morgan fingerprint density at radius 1 is 1.50 bits per heavy atom. The van der Waals surface area contributed by atoms with Crippen LogP contribution in [0.2, 0.25) is 0 Å². The molecule has 4 heteroatoms. The van der Waals surface area contributed by atoms with Gasteiger partial charge in [0.15, 0.2) is 0 Å². The van der Waals surface area contributed by atoms with Crippen molar-refractivity contribution in [3.63, 3.8) is 0 Å². The van der Waals surface area contributed by atoms with E-state index in [0.717, 1.165) is 12.0 Å². The van der Waals surface area contributed by atoms with Crippen LogP contribution in [0.5, 0.6) is 0 Å². The molecule has 2 unspecified atom stereocenters. The zero-order valence-electron chi connectivity index (χ0n) is 10.4. The second kappa shape index (κ2) is 4.89. The van der Waals surface area contributed by atoms with Gasteiger partial charge in [-0.15, -0.1) is 0 Å². The lowest BCUT2D eigenvalue weighted by Crippen LogP contribution is -2.49. The summed E-state index contributed by atoms with van der Waals surface area (Å²) in [7, 11) is 3.96. The molecule has 0 saturated carbocycles. The first kappa shape index (κ1) is 13.1. The van der Waals surface area contributed by atoms with Crippen molar-refractivity contribution in [1.29, 1.82) is 0 Å². The van der Waals surface area contributed by atoms with Crippen LogP contribution >= 0.6 is 0 Å². The van der Waals surface area contributed by atoms with Crippen LogP contribution in [0.4, 0.5) is 4.39 Å². The number of hydrogen-bond acceptors (Lipinski definition) is 3. The van der Waals surface area contributed by atoms with Crippen LogP contribution in [0, 0.1) is 5.82 Å². The highest BCUT2D eigenvalue weighted by atomic mass is 19.1. The van der Waals surface area contributed by atoms with Crippen molar-refractivity contribution in [3.8, 4) is 0 Å². The van der Waals surface area contributed by atoms with Crippen LogP contribution in [0.1, 0.15) is 31.9 Å². The number of nitrogens with zero attached hydrogens (tertiary/aromatic N) is 2. The minimum absolute atomic E-state index is 0.199. The summed E-state index contributed by atoms with van der Waals surface area (Å²) in [6.45, 7) is 4.15. The van der Waals surface area contributed by atoms with Crippen LogP contribution in [0.15, 0.2) is 18.5 Å². The molecule has 0 aromatic carbocycles. The monoisotopic (exact) mass is 225 g/mol. The fourth-order valence-corrected chi connectivity index (χ4v) is 1.77. The van der Waals surface area contributed by atoms with Gasteiger partial charge in [-0.25, -0.2) is 4.39 Å². The molecule has 0 radical (unpaired) electrons. The summed E-state index contributed by atoms with van der Waals surface area (Å²) in [6.07, 6.45) is 3.71. The van der Waals surface area contributed by atoms with E-state index in [1.54, 1.807) is 6.20 Å². The Hall–Kier alpha value is -1.00.